The van der Waals surface area contributed by atoms with E-state index in [-0.39, 0.29) is 18.0 Å². The predicted octanol–water partition coefficient (Wildman–Crippen LogP) is 3.87. The molecule has 0 atom stereocenters. The van der Waals surface area contributed by atoms with Crippen LogP contribution in [0.3, 0.4) is 0 Å². The Morgan fingerprint density at radius 2 is 2.10 bits per heavy atom. The van der Waals surface area contributed by atoms with Crippen LogP contribution in [0.15, 0.2) is 36.4 Å². The Balaban J connectivity index is 2.23. The van der Waals surface area contributed by atoms with Crippen molar-refractivity contribution in [1.29, 1.82) is 0 Å². The van der Waals surface area contributed by atoms with Gasteiger partial charge in [0.1, 0.15) is 11.4 Å². The van der Waals surface area contributed by atoms with Crippen molar-refractivity contribution in [1.82, 2.24) is 0 Å². The summed E-state index contributed by atoms with van der Waals surface area (Å²) >= 11 is 5.75. The van der Waals surface area contributed by atoms with Crippen LogP contribution in [-0.2, 0) is 6.54 Å². The van der Waals surface area contributed by atoms with Crippen LogP contribution >= 0.6 is 11.6 Å². The third kappa shape index (κ3) is 3.00. The van der Waals surface area contributed by atoms with Crippen molar-refractivity contribution >= 4 is 23.0 Å². The summed E-state index contributed by atoms with van der Waals surface area (Å²) in [7, 11) is 0. The molecule has 2 N–H and O–H groups in total. The highest BCUT2D eigenvalue weighted by Crippen LogP contribution is 2.29. The molecular weight excluding hydrogens is 280 g/mol. The van der Waals surface area contributed by atoms with Crippen LogP contribution < -0.4 is 5.32 Å². The number of phenolic OH excluding ortho intramolecular Hbond substituents is 1. The van der Waals surface area contributed by atoms with Gasteiger partial charge in [-0.05, 0) is 24.6 Å². The number of aromatic hydroxyl groups is 1. The van der Waals surface area contributed by atoms with Crippen molar-refractivity contribution in [2.24, 2.45) is 0 Å². The van der Waals surface area contributed by atoms with E-state index in [9.17, 15) is 15.2 Å². The Hall–Kier alpha value is -2.27. The van der Waals surface area contributed by atoms with Crippen LogP contribution in [-0.4, -0.2) is 10.0 Å². The van der Waals surface area contributed by atoms with Gasteiger partial charge in [0, 0.05) is 23.2 Å². The first kappa shape index (κ1) is 14.1. The van der Waals surface area contributed by atoms with Crippen molar-refractivity contribution in [3.05, 3.63) is 62.7 Å². The van der Waals surface area contributed by atoms with Crippen molar-refractivity contribution in [3.63, 3.8) is 0 Å². The van der Waals surface area contributed by atoms with Gasteiger partial charge in [0.25, 0.3) is 5.69 Å². The first-order chi connectivity index (χ1) is 9.49. The van der Waals surface area contributed by atoms with E-state index in [2.05, 4.69) is 5.32 Å². The molecule has 0 radical (unpaired) electrons. The van der Waals surface area contributed by atoms with E-state index in [4.69, 9.17) is 11.6 Å². The first-order valence-electron chi connectivity index (χ1n) is 5.94. The quantitative estimate of drug-likeness (QED) is 0.662. The maximum Gasteiger partial charge on any atom is 0.293 e. The number of halogens is 1. The molecule has 0 aromatic heterocycles. The molecular formula is C14H13ClN2O3. The molecule has 0 aliphatic carbocycles. The minimum Gasteiger partial charge on any atom is -0.507 e. The normalized spacial score (nSPS) is 10.3. The zero-order chi connectivity index (χ0) is 14.7. The lowest BCUT2D eigenvalue weighted by Crippen LogP contribution is -2.03. The largest absolute Gasteiger partial charge is 0.507 e. The van der Waals surface area contributed by atoms with Gasteiger partial charge in [-0.25, -0.2) is 0 Å². The van der Waals surface area contributed by atoms with Gasteiger partial charge in [0.05, 0.1) is 4.92 Å². The highest BCUT2D eigenvalue weighted by molar-refractivity contribution is 6.30. The van der Waals surface area contributed by atoms with Gasteiger partial charge in [-0.1, -0.05) is 29.8 Å². The average Bonchev–Trinajstić information content (AvgIpc) is 2.41. The summed E-state index contributed by atoms with van der Waals surface area (Å²) in [4.78, 5) is 10.5. The molecule has 0 spiro atoms. The number of phenols is 1. The number of rotatable bonds is 4. The molecule has 6 heteroatoms. The summed E-state index contributed by atoms with van der Waals surface area (Å²) in [6, 6.07) is 9.79. The molecule has 2 rings (SSSR count). The number of nitro benzene ring substituents is 1. The molecule has 0 bridgehead atoms. The van der Waals surface area contributed by atoms with Crippen molar-refractivity contribution < 1.29 is 10.0 Å². The van der Waals surface area contributed by atoms with Crippen LogP contribution in [0.25, 0.3) is 0 Å². The summed E-state index contributed by atoms with van der Waals surface area (Å²) in [6.07, 6.45) is 0. The van der Waals surface area contributed by atoms with Crippen LogP contribution in [0, 0.1) is 17.0 Å². The third-order valence-corrected chi connectivity index (χ3v) is 3.18. The van der Waals surface area contributed by atoms with Crippen LogP contribution in [0.2, 0.25) is 5.02 Å². The lowest BCUT2D eigenvalue weighted by molar-refractivity contribution is -0.383. The molecule has 0 saturated heterocycles. The zero-order valence-corrected chi connectivity index (χ0v) is 11.5. The molecule has 0 saturated carbocycles. The molecule has 20 heavy (non-hydrogen) atoms. The topological polar surface area (TPSA) is 75.4 Å². The lowest BCUT2D eigenvalue weighted by Gasteiger charge is -2.10. The minimum atomic E-state index is -0.496. The van der Waals surface area contributed by atoms with E-state index in [1.807, 2.05) is 6.07 Å². The van der Waals surface area contributed by atoms with E-state index in [1.54, 1.807) is 31.2 Å². The molecule has 0 heterocycles. The second kappa shape index (κ2) is 5.79. The number of hydrogen-bond donors (Lipinski definition) is 2. The monoisotopic (exact) mass is 292 g/mol. The highest BCUT2D eigenvalue weighted by atomic mass is 35.5. The summed E-state index contributed by atoms with van der Waals surface area (Å²) in [5.74, 6) is 0.191. The Bertz CT molecular complexity index is 659. The van der Waals surface area contributed by atoms with Gasteiger partial charge in [0.2, 0.25) is 0 Å². The number of benzene rings is 2. The maximum absolute atomic E-state index is 11.0. The third-order valence-electron chi connectivity index (χ3n) is 2.95. The van der Waals surface area contributed by atoms with E-state index in [0.29, 0.717) is 16.3 Å². The molecule has 0 aliphatic rings. The lowest BCUT2D eigenvalue weighted by atomic mass is 10.1. The smallest absolute Gasteiger partial charge is 0.293 e. The summed E-state index contributed by atoms with van der Waals surface area (Å²) < 4.78 is 0. The fourth-order valence-corrected chi connectivity index (χ4v) is 2.02. The average molecular weight is 293 g/mol. The fraction of sp³-hybridized carbons (Fsp3) is 0.143. The van der Waals surface area contributed by atoms with E-state index < -0.39 is 4.92 Å². The number of hydrogen-bond acceptors (Lipinski definition) is 4. The van der Waals surface area contributed by atoms with E-state index in [1.165, 1.54) is 6.07 Å². The Morgan fingerprint density at radius 3 is 2.80 bits per heavy atom. The Labute approximate surface area is 121 Å². The number of anilines is 1. The number of nitrogens with one attached hydrogen (secondary N) is 1. The van der Waals surface area contributed by atoms with Gasteiger partial charge in [-0.3, -0.25) is 10.1 Å². The summed E-state index contributed by atoms with van der Waals surface area (Å²) in [5.41, 5.74) is 1.70. The maximum atomic E-state index is 11.0. The molecule has 0 unspecified atom stereocenters. The number of para-hydroxylation sites is 1. The van der Waals surface area contributed by atoms with Gasteiger partial charge in [-0.15, -0.1) is 0 Å². The summed E-state index contributed by atoms with van der Waals surface area (Å²) in [5, 5.41) is 24.1. The summed E-state index contributed by atoms with van der Waals surface area (Å²) in [6.45, 7) is 2.08. The molecule has 0 aliphatic heterocycles. The van der Waals surface area contributed by atoms with Gasteiger partial charge in [0.15, 0.2) is 0 Å². The highest BCUT2D eigenvalue weighted by Gasteiger charge is 2.14. The van der Waals surface area contributed by atoms with Crippen LogP contribution in [0.1, 0.15) is 11.1 Å². The SMILES string of the molecule is Cc1cccc(CNc2ccc(Cl)cc2[N+](=O)[O-])c1O. The second-order valence-corrected chi connectivity index (χ2v) is 4.79. The van der Waals surface area contributed by atoms with Crippen molar-refractivity contribution in [2.45, 2.75) is 13.5 Å². The Morgan fingerprint density at radius 1 is 1.35 bits per heavy atom. The van der Waals surface area contributed by atoms with Crippen molar-refractivity contribution in [2.75, 3.05) is 5.32 Å². The fourth-order valence-electron chi connectivity index (χ4n) is 1.86. The molecule has 0 fully saturated rings. The first-order valence-corrected chi connectivity index (χ1v) is 6.32. The van der Waals surface area contributed by atoms with E-state index in [0.717, 1.165) is 5.56 Å². The molecule has 0 amide bonds. The van der Waals surface area contributed by atoms with Crippen LogP contribution in [0.5, 0.6) is 5.75 Å². The number of nitro groups is 1. The number of aryl methyl sites for hydroxylation is 1. The van der Waals surface area contributed by atoms with E-state index >= 15 is 0 Å². The zero-order valence-electron chi connectivity index (χ0n) is 10.8. The minimum absolute atomic E-state index is 0.0929. The molecule has 2 aromatic rings. The number of nitrogens with zero attached hydrogens (tertiary/aromatic N) is 1. The van der Waals surface area contributed by atoms with Crippen LogP contribution in [0.4, 0.5) is 11.4 Å². The molecule has 2 aromatic carbocycles. The molecule has 5 nitrogen and oxygen atoms in total. The van der Waals surface area contributed by atoms with Crippen molar-refractivity contribution in [3.8, 4) is 5.75 Å². The molecule has 104 valence electrons. The second-order valence-electron chi connectivity index (χ2n) is 4.35. The van der Waals surface area contributed by atoms with Gasteiger partial charge in [-0.2, -0.15) is 0 Å². The standard InChI is InChI=1S/C14H13ClN2O3/c1-9-3-2-4-10(14(9)18)8-16-12-6-5-11(15)7-13(12)17(19)20/h2-7,16,18H,8H2,1H3. The van der Waals surface area contributed by atoms with Gasteiger partial charge >= 0.3 is 0 Å². The Kier molecular flexibility index (Phi) is 4.10. The van der Waals surface area contributed by atoms with Gasteiger partial charge < -0.3 is 10.4 Å². The predicted molar refractivity (Wildman–Crippen MR) is 78.3 cm³/mol.